The van der Waals surface area contributed by atoms with E-state index in [1.165, 1.54) is 0 Å². The third-order valence-corrected chi connectivity index (χ3v) is 4.19. The van der Waals surface area contributed by atoms with E-state index in [0.717, 1.165) is 4.90 Å². The summed E-state index contributed by atoms with van der Waals surface area (Å²) in [6.45, 7) is 1.61. The summed E-state index contributed by atoms with van der Waals surface area (Å²) in [5.74, 6) is 0.175. The van der Waals surface area contributed by atoms with E-state index in [1.54, 1.807) is 30.5 Å². The topological polar surface area (TPSA) is 72.5 Å². The van der Waals surface area contributed by atoms with Crippen LogP contribution >= 0.6 is 0 Å². The van der Waals surface area contributed by atoms with Gasteiger partial charge < -0.3 is 9.87 Å². The Kier molecular flexibility index (Phi) is 5.17. The number of Topliss-reactive ketones (excluding diaryl/α,β-unsaturated/α-hetero) is 1. The predicted molar refractivity (Wildman–Crippen MR) is 78.1 cm³/mol. The Labute approximate surface area is 121 Å². The smallest absolute Gasteiger partial charge is 0.238 e. The highest BCUT2D eigenvalue weighted by molar-refractivity contribution is 7.90. The number of hydrogen-bond acceptors (Lipinski definition) is 4. The third kappa shape index (κ3) is 4.33. The number of carbonyl (C=O) groups is 2. The van der Waals surface area contributed by atoms with Crippen molar-refractivity contribution in [3.63, 3.8) is 0 Å². The highest BCUT2D eigenvalue weighted by atomic mass is 32.2. The number of benzene rings is 1. The van der Waals surface area contributed by atoms with Gasteiger partial charge in [0.1, 0.15) is 12.0 Å². The van der Waals surface area contributed by atoms with Gasteiger partial charge in [-0.1, -0.05) is 0 Å². The molecule has 1 N–H and O–H groups in total. The van der Waals surface area contributed by atoms with Gasteiger partial charge in [0.25, 0.3) is 0 Å². The molecule has 2 rings (SSSR count). The van der Waals surface area contributed by atoms with Crippen LogP contribution in [-0.4, -0.2) is 47.0 Å². The first-order valence-electron chi connectivity index (χ1n) is 6.52. The lowest BCUT2D eigenvalue weighted by atomic mass is 10.1. The molecule has 6 heteroatoms. The van der Waals surface area contributed by atoms with Crippen LogP contribution in [0.5, 0.6) is 0 Å². The fourth-order valence-electron chi connectivity index (χ4n) is 2.09. The lowest BCUT2D eigenvalue weighted by molar-refractivity contribution is -0.124. The minimum Gasteiger partial charge on any atom is -0.612 e. The van der Waals surface area contributed by atoms with Crippen molar-refractivity contribution in [1.29, 1.82) is 0 Å². The number of nitrogens with zero attached hydrogens (tertiary/aromatic N) is 1. The van der Waals surface area contributed by atoms with Gasteiger partial charge in [-0.15, -0.1) is 0 Å². The molecule has 1 saturated heterocycles. The maximum absolute atomic E-state index is 11.9. The number of anilines is 1. The summed E-state index contributed by atoms with van der Waals surface area (Å²) in [5.41, 5.74) is 0.692. The number of amides is 1. The zero-order valence-corrected chi connectivity index (χ0v) is 12.2. The number of ketones is 1. The molecular weight excluding hydrogens is 276 g/mol. The van der Waals surface area contributed by atoms with Gasteiger partial charge in [0.2, 0.25) is 5.91 Å². The van der Waals surface area contributed by atoms with Crippen molar-refractivity contribution < 1.29 is 14.1 Å². The summed E-state index contributed by atoms with van der Waals surface area (Å²) >= 11 is -1.01. The van der Waals surface area contributed by atoms with Gasteiger partial charge >= 0.3 is 0 Å². The second-order valence-corrected chi connectivity index (χ2v) is 6.22. The molecule has 108 valence electrons. The molecule has 20 heavy (non-hydrogen) atoms. The monoisotopic (exact) mass is 294 g/mol. The van der Waals surface area contributed by atoms with Gasteiger partial charge in [0.15, 0.2) is 4.90 Å². The van der Waals surface area contributed by atoms with Crippen molar-refractivity contribution in [1.82, 2.24) is 4.90 Å². The molecule has 0 radical (unpaired) electrons. The predicted octanol–water partition coefficient (Wildman–Crippen LogP) is 1.03. The number of rotatable bonds is 4. The number of piperidine rings is 1. The molecule has 0 aromatic heterocycles. The Hall–Kier alpha value is -1.37. The van der Waals surface area contributed by atoms with Gasteiger partial charge in [-0.2, -0.15) is 0 Å². The van der Waals surface area contributed by atoms with Crippen LogP contribution < -0.4 is 5.32 Å². The Morgan fingerprint density at radius 1 is 1.30 bits per heavy atom. The first kappa shape index (κ1) is 15.0. The van der Waals surface area contributed by atoms with Gasteiger partial charge in [0, 0.05) is 31.6 Å². The number of likely N-dealkylation sites (tertiary alicyclic amines) is 1. The van der Waals surface area contributed by atoms with E-state index in [0.29, 0.717) is 38.2 Å². The molecule has 1 fully saturated rings. The average Bonchev–Trinajstić information content (AvgIpc) is 2.42. The summed E-state index contributed by atoms with van der Waals surface area (Å²) in [6.07, 6.45) is 2.68. The van der Waals surface area contributed by atoms with Crippen LogP contribution in [-0.2, 0) is 20.8 Å². The van der Waals surface area contributed by atoms with E-state index in [1.807, 2.05) is 4.90 Å². The molecule has 0 aliphatic carbocycles. The van der Waals surface area contributed by atoms with Gasteiger partial charge in [0.05, 0.1) is 6.54 Å². The van der Waals surface area contributed by atoms with Crippen molar-refractivity contribution in [2.45, 2.75) is 17.7 Å². The van der Waals surface area contributed by atoms with Crippen LogP contribution in [0.4, 0.5) is 5.69 Å². The molecule has 1 amide bonds. The fraction of sp³-hybridized carbons (Fsp3) is 0.429. The summed E-state index contributed by atoms with van der Waals surface area (Å²) in [7, 11) is 0. The number of hydrogen-bond donors (Lipinski definition) is 1. The Bertz CT molecular complexity index is 478. The van der Waals surface area contributed by atoms with E-state index >= 15 is 0 Å². The van der Waals surface area contributed by atoms with E-state index in [4.69, 9.17) is 0 Å². The molecule has 0 bridgehead atoms. The molecular formula is C14H18N2O3S. The minimum atomic E-state index is -1.01. The second kappa shape index (κ2) is 6.88. The van der Waals surface area contributed by atoms with Gasteiger partial charge in [-0.05, 0) is 35.4 Å². The van der Waals surface area contributed by atoms with Crippen molar-refractivity contribution >= 4 is 28.6 Å². The van der Waals surface area contributed by atoms with Gasteiger partial charge in [-0.25, -0.2) is 0 Å². The maximum Gasteiger partial charge on any atom is 0.238 e. The van der Waals surface area contributed by atoms with E-state index in [9.17, 15) is 14.1 Å². The summed E-state index contributed by atoms with van der Waals surface area (Å²) in [4.78, 5) is 25.7. The summed E-state index contributed by atoms with van der Waals surface area (Å²) in [6, 6.07) is 6.97. The zero-order chi connectivity index (χ0) is 14.5. The third-order valence-electron chi connectivity index (χ3n) is 3.25. The number of nitrogens with one attached hydrogen (secondary N) is 1. The van der Waals surface area contributed by atoms with Crippen molar-refractivity contribution in [3.05, 3.63) is 24.3 Å². The van der Waals surface area contributed by atoms with E-state index < -0.39 is 11.2 Å². The normalized spacial score (nSPS) is 17.8. The lowest BCUT2D eigenvalue weighted by Gasteiger charge is -2.24. The Morgan fingerprint density at radius 3 is 2.45 bits per heavy atom. The maximum atomic E-state index is 11.9. The quantitative estimate of drug-likeness (QED) is 0.842. The first-order chi connectivity index (χ1) is 9.54. The fourth-order valence-corrected chi connectivity index (χ4v) is 2.61. The first-order valence-corrected chi connectivity index (χ1v) is 8.08. The van der Waals surface area contributed by atoms with E-state index in [2.05, 4.69) is 5.32 Å². The zero-order valence-electron chi connectivity index (χ0n) is 11.4. The van der Waals surface area contributed by atoms with Crippen LogP contribution in [0.2, 0.25) is 0 Å². The summed E-state index contributed by atoms with van der Waals surface area (Å²) < 4.78 is 11.3. The molecule has 1 aliphatic heterocycles. The molecule has 0 spiro atoms. The van der Waals surface area contributed by atoms with Gasteiger partial charge in [-0.3, -0.25) is 14.5 Å². The Balaban J connectivity index is 1.83. The Morgan fingerprint density at radius 2 is 1.90 bits per heavy atom. The lowest BCUT2D eigenvalue weighted by Crippen LogP contribution is -2.39. The number of carbonyl (C=O) groups excluding carboxylic acids is 2. The molecule has 1 aromatic carbocycles. The SMILES string of the molecule is C[S+]([O-])c1ccc(NC(=O)CN2CCC(=O)CC2)cc1. The molecule has 1 atom stereocenters. The van der Waals surface area contributed by atoms with Crippen LogP contribution in [0.15, 0.2) is 29.2 Å². The average molecular weight is 294 g/mol. The largest absolute Gasteiger partial charge is 0.612 e. The molecule has 1 unspecified atom stereocenters. The second-order valence-electron chi connectivity index (χ2n) is 4.84. The molecule has 1 aromatic rings. The van der Waals surface area contributed by atoms with Crippen molar-refractivity contribution in [3.8, 4) is 0 Å². The van der Waals surface area contributed by atoms with Crippen molar-refractivity contribution in [2.24, 2.45) is 0 Å². The van der Waals surface area contributed by atoms with Crippen LogP contribution in [0.3, 0.4) is 0 Å². The van der Waals surface area contributed by atoms with Crippen LogP contribution in [0.25, 0.3) is 0 Å². The van der Waals surface area contributed by atoms with Crippen molar-refractivity contribution in [2.75, 3.05) is 31.2 Å². The minimum absolute atomic E-state index is 0.0929. The molecule has 5 nitrogen and oxygen atoms in total. The standard InChI is InChI=1S/C14H18N2O3S/c1-20(19)13-4-2-11(3-5-13)15-14(18)10-16-8-6-12(17)7-9-16/h2-5H,6-10H2,1H3,(H,15,18). The van der Waals surface area contributed by atoms with Crippen LogP contribution in [0.1, 0.15) is 12.8 Å². The highest BCUT2D eigenvalue weighted by Gasteiger charge is 2.18. The molecule has 1 aliphatic rings. The summed E-state index contributed by atoms with van der Waals surface area (Å²) in [5, 5.41) is 2.80. The van der Waals surface area contributed by atoms with Crippen LogP contribution in [0, 0.1) is 0 Å². The van der Waals surface area contributed by atoms with E-state index in [-0.39, 0.29) is 11.7 Å². The molecule has 0 saturated carbocycles. The highest BCUT2D eigenvalue weighted by Crippen LogP contribution is 2.14. The molecule has 1 heterocycles.